The molecule has 6 rings (SSSR count). The van der Waals surface area contributed by atoms with Crippen molar-refractivity contribution in [3.05, 3.63) is 74.0 Å². The molecular formula is C37H41Cl2FN4O8S. The Bertz CT molecular complexity index is 1910. The predicted octanol–water partition coefficient (Wildman–Crippen LogP) is 7.68. The number of thiazole rings is 1. The zero-order valence-corrected chi connectivity index (χ0v) is 32.3. The van der Waals surface area contributed by atoms with Crippen molar-refractivity contribution in [3.63, 3.8) is 0 Å². The average molecular weight is 792 g/mol. The van der Waals surface area contributed by atoms with Crippen LogP contribution in [-0.2, 0) is 16.1 Å². The molecule has 1 N–H and O–H groups in total. The van der Waals surface area contributed by atoms with Gasteiger partial charge in [-0.1, -0.05) is 34.5 Å². The van der Waals surface area contributed by atoms with Gasteiger partial charge in [-0.05, 0) is 88.4 Å². The average Bonchev–Trinajstić information content (AvgIpc) is 3.81. The molecule has 1 saturated heterocycles. The quantitative estimate of drug-likeness (QED) is 0.194. The van der Waals surface area contributed by atoms with Crippen molar-refractivity contribution in [1.82, 2.24) is 19.7 Å². The number of carbonyl (C=O) groups excluding carboxylic acids is 2. The highest BCUT2D eigenvalue weighted by molar-refractivity contribution is 7.14. The summed E-state index contributed by atoms with van der Waals surface area (Å²) in [6.07, 6.45) is 1.31. The third kappa shape index (κ3) is 8.76. The molecule has 12 nitrogen and oxygen atoms in total. The summed E-state index contributed by atoms with van der Waals surface area (Å²) in [4.78, 5) is 50.5. The third-order valence-electron chi connectivity index (χ3n) is 9.08. The second kappa shape index (κ2) is 15.6. The maximum atomic E-state index is 15.1. The van der Waals surface area contributed by atoms with Crippen molar-refractivity contribution in [2.45, 2.75) is 77.2 Å². The Morgan fingerprint density at radius 1 is 1.08 bits per heavy atom. The molecule has 0 spiro atoms. The number of carbonyl (C=O) groups is 3. The molecule has 1 aromatic heterocycles. The Morgan fingerprint density at radius 2 is 1.77 bits per heavy atom. The third-order valence-corrected chi connectivity index (χ3v) is 10.6. The van der Waals surface area contributed by atoms with Gasteiger partial charge in [-0.3, -0.25) is 9.69 Å². The number of ether oxygens (including phenoxy) is 4. The van der Waals surface area contributed by atoms with E-state index in [2.05, 4.69) is 4.98 Å². The zero-order chi connectivity index (χ0) is 38.2. The summed E-state index contributed by atoms with van der Waals surface area (Å²) < 4.78 is 37.8. The first-order valence-electron chi connectivity index (χ1n) is 17.2. The van der Waals surface area contributed by atoms with E-state index in [1.54, 1.807) is 50.1 Å². The van der Waals surface area contributed by atoms with Crippen LogP contribution < -0.4 is 14.2 Å². The zero-order valence-electron chi connectivity index (χ0n) is 30.0. The van der Waals surface area contributed by atoms with E-state index >= 15 is 4.39 Å². The molecule has 2 aliphatic heterocycles. The molecule has 2 bridgehead atoms. The molecule has 3 heterocycles. The van der Waals surface area contributed by atoms with Crippen LogP contribution in [0.4, 0.5) is 14.0 Å². The summed E-state index contributed by atoms with van der Waals surface area (Å²) in [5.41, 5.74) is 1.18. The van der Waals surface area contributed by atoms with Crippen LogP contribution in [0.1, 0.15) is 56.0 Å². The number of hydrogen-bond acceptors (Lipinski definition) is 9. The number of piperazine rings is 1. The lowest BCUT2D eigenvalue weighted by atomic mass is 9.83. The minimum absolute atomic E-state index is 0.0611. The molecule has 3 aromatic rings. The lowest BCUT2D eigenvalue weighted by Crippen LogP contribution is -2.65. The van der Waals surface area contributed by atoms with Gasteiger partial charge in [-0.2, -0.15) is 0 Å². The van der Waals surface area contributed by atoms with Gasteiger partial charge in [-0.15, -0.1) is 0 Å². The van der Waals surface area contributed by atoms with Crippen LogP contribution in [0.2, 0.25) is 10.0 Å². The van der Waals surface area contributed by atoms with E-state index in [0.717, 1.165) is 5.56 Å². The minimum Gasteiger partial charge on any atom is -0.497 e. The summed E-state index contributed by atoms with van der Waals surface area (Å²) >= 11 is 13.8. The Balaban J connectivity index is 1.33. The van der Waals surface area contributed by atoms with Crippen molar-refractivity contribution < 1.29 is 42.8 Å². The lowest BCUT2D eigenvalue weighted by molar-refractivity contribution is -0.129. The second-order valence-corrected chi connectivity index (χ2v) is 16.0. The summed E-state index contributed by atoms with van der Waals surface area (Å²) in [6.45, 7) is 7.25. The molecule has 284 valence electrons. The first-order valence-corrected chi connectivity index (χ1v) is 18.7. The number of carboxylic acid groups (broad SMARTS) is 1. The maximum absolute atomic E-state index is 15.1. The standard InChI is InChI=1S/C37H41Cl2FN4O8S/c1-20-12-26(38)32(27(39)13-20)50-10-11-51-34-41-16-30(53-34)25-15-23-18-42(36(48)52-37(2,3)4)19-29(44(23)35(46)47)31(25)33(45)43(22-6-7-22)17-21-14-24(49-5)8-9-28(21)40/h8-9,12-14,16,22-23,29H,6-7,10-11,15,17-19H2,1-5H3,(H,46,47)/t23?,29-/m1/s1. The number of rotatable bonds is 11. The fourth-order valence-electron chi connectivity index (χ4n) is 6.63. The number of aryl methyl sites for hydroxylation is 1. The summed E-state index contributed by atoms with van der Waals surface area (Å²) in [5.74, 6) is -0.151. The Morgan fingerprint density at radius 3 is 2.42 bits per heavy atom. The monoisotopic (exact) mass is 790 g/mol. The van der Waals surface area contributed by atoms with Gasteiger partial charge < -0.3 is 33.9 Å². The Labute approximate surface area is 321 Å². The number of amides is 3. The molecular weight excluding hydrogens is 750 g/mol. The van der Waals surface area contributed by atoms with Crippen LogP contribution in [0.3, 0.4) is 0 Å². The lowest BCUT2D eigenvalue weighted by Gasteiger charge is -2.50. The fourth-order valence-corrected chi connectivity index (χ4v) is 8.19. The Kier molecular flexibility index (Phi) is 11.3. The van der Waals surface area contributed by atoms with Gasteiger partial charge >= 0.3 is 12.2 Å². The molecule has 1 aliphatic carbocycles. The molecule has 16 heteroatoms. The van der Waals surface area contributed by atoms with Crippen LogP contribution in [-0.4, -0.2) is 100 Å². The number of fused-ring (bicyclic) bond motifs is 2. The van der Waals surface area contributed by atoms with Gasteiger partial charge in [0.25, 0.3) is 11.1 Å². The van der Waals surface area contributed by atoms with Crippen molar-refractivity contribution in [1.29, 1.82) is 0 Å². The highest BCUT2D eigenvalue weighted by atomic mass is 35.5. The van der Waals surface area contributed by atoms with Crippen molar-refractivity contribution in [2.75, 3.05) is 33.4 Å². The SMILES string of the molecule is COc1ccc(F)c(CN(C(=O)C2=C(c3cnc(OCCOc4c(Cl)cc(C)cc4Cl)s3)CC3CN(C(=O)OC(C)(C)C)C[C@H]2N3C(=O)O)C2CC2)c1. The Hall–Kier alpha value is -4.27. The first-order chi connectivity index (χ1) is 25.1. The molecule has 2 aromatic carbocycles. The normalized spacial score (nSPS) is 18.5. The molecule has 2 atom stereocenters. The largest absolute Gasteiger partial charge is 0.497 e. The van der Waals surface area contributed by atoms with Gasteiger partial charge in [0.2, 0.25) is 0 Å². The molecule has 3 amide bonds. The highest BCUT2D eigenvalue weighted by Crippen LogP contribution is 2.44. The van der Waals surface area contributed by atoms with Crippen molar-refractivity contribution >= 4 is 58.2 Å². The van der Waals surface area contributed by atoms with Crippen LogP contribution in [0.15, 0.2) is 42.1 Å². The number of hydrogen-bond donors (Lipinski definition) is 1. The van der Waals surface area contributed by atoms with Gasteiger partial charge in [0.1, 0.15) is 30.4 Å². The summed E-state index contributed by atoms with van der Waals surface area (Å²) in [5, 5.41) is 11.6. The summed E-state index contributed by atoms with van der Waals surface area (Å²) in [6, 6.07) is 5.95. The second-order valence-electron chi connectivity index (χ2n) is 14.2. The van der Waals surface area contributed by atoms with Gasteiger partial charge in [0.05, 0.1) is 34.1 Å². The summed E-state index contributed by atoms with van der Waals surface area (Å²) in [7, 11) is 1.48. The van der Waals surface area contributed by atoms with Crippen LogP contribution in [0.5, 0.6) is 16.7 Å². The van der Waals surface area contributed by atoms with Gasteiger partial charge in [-0.25, -0.2) is 19.0 Å². The van der Waals surface area contributed by atoms with E-state index in [1.807, 2.05) is 6.92 Å². The molecule has 1 saturated carbocycles. The number of nitrogens with zero attached hydrogens (tertiary/aromatic N) is 4. The minimum atomic E-state index is -1.22. The van der Waals surface area contributed by atoms with E-state index in [0.29, 0.717) is 50.0 Å². The van der Waals surface area contributed by atoms with Crippen LogP contribution >= 0.6 is 34.5 Å². The highest BCUT2D eigenvalue weighted by Gasteiger charge is 2.50. The van der Waals surface area contributed by atoms with Gasteiger partial charge in [0.15, 0.2) is 5.75 Å². The van der Waals surface area contributed by atoms with Crippen LogP contribution in [0, 0.1) is 12.7 Å². The van der Waals surface area contributed by atoms with E-state index in [-0.39, 0.29) is 56.4 Å². The smallest absolute Gasteiger partial charge is 0.410 e. The van der Waals surface area contributed by atoms with E-state index < -0.39 is 41.6 Å². The van der Waals surface area contributed by atoms with E-state index in [9.17, 15) is 19.5 Å². The molecule has 53 heavy (non-hydrogen) atoms. The van der Waals surface area contributed by atoms with Crippen molar-refractivity contribution in [3.8, 4) is 16.7 Å². The van der Waals surface area contributed by atoms with Crippen LogP contribution in [0.25, 0.3) is 5.57 Å². The molecule has 3 aliphatic rings. The number of halogens is 3. The fraction of sp³-hybridized carbons (Fsp3) is 0.459. The number of methoxy groups -OCH3 is 1. The maximum Gasteiger partial charge on any atom is 0.410 e. The van der Waals surface area contributed by atoms with E-state index in [4.69, 9.17) is 42.1 Å². The number of benzene rings is 2. The number of aromatic nitrogens is 1. The molecule has 1 unspecified atom stereocenters. The predicted molar refractivity (Wildman–Crippen MR) is 198 cm³/mol. The van der Waals surface area contributed by atoms with Gasteiger partial charge in [0, 0.05) is 43.0 Å². The molecule has 0 radical (unpaired) electrons. The van der Waals surface area contributed by atoms with E-state index in [1.165, 1.54) is 40.4 Å². The topological polar surface area (TPSA) is 131 Å². The first kappa shape index (κ1) is 38.5. The molecule has 2 fully saturated rings. The van der Waals surface area contributed by atoms with Crippen molar-refractivity contribution in [2.24, 2.45) is 0 Å².